The highest BCUT2D eigenvalue weighted by Gasteiger charge is 2.04. The summed E-state index contributed by atoms with van der Waals surface area (Å²) >= 11 is 0. The van der Waals surface area contributed by atoms with Gasteiger partial charge < -0.3 is 4.74 Å². The molecule has 0 aliphatic carbocycles. The second kappa shape index (κ2) is 9.04. The smallest absolute Gasteiger partial charge is 0.293 e. The van der Waals surface area contributed by atoms with Crippen molar-refractivity contribution in [2.45, 2.75) is 52.9 Å². The van der Waals surface area contributed by atoms with E-state index in [9.17, 15) is 4.79 Å². The SMILES string of the molecule is CC(C)CC(C)CCCCCOC=O. The van der Waals surface area contributed by atoms with Crippen LogP contribution < -0.4 is 0 Å². The lowest BCUT2D eigenvalue weighted by Crippen LogP contribution is -2.00. The third kappa shape index (κ3) is 9.56. The van der Waals surface area contributed by atoms with Gasteiger partial charge in [-0.25, -0.2) is 0 Å². The van der Waals surface area contributed by atoms with Crippen LogP contribution in [0.1, 0.15) is 52.9 Å². The molecular weight excluding hydrogens is 176 g/mol. The van der Waals surface area contributed by atoms with Crippen molar-refractivity contribution in [1.29, 1.82) is 0 Å². The minimum Gasteiger partial charge on any atom is -0.468 e. The van der Waals surface area contributed by atoms with Crippen molar-refractivity contribution in [3.8, 4) is 0 Å². The summed E-state index contributed by atoms with van der Waals surface area (Å²) < 4.78 is 4.62. The molecular formula is C12H24O2. The molecule has 0 aromatic heterocycles. The Morgan fingerprint density at radius 1 is 1.14 bits per heavy atom. The van der Waals surface area contributed by atoms with Gasteiger partial charge in [0.15, 0.2) is 0 Å². The Kier molecular flexibility index (Phi) is 8.70. The minimum atomic E-state index is 0.529. The van der Waals surface area contributed by atoms with Crippen LogP contribution in [0.5, 0.6) is 0 Å². The lowest BCUT2D eigenvalue weighted by atomic mass is 9.94. The number of rotatable bonds is 9. The molecule has 2 heteroatoms. The molecule has 0 fully saturated rings. The van der Waals surface area contributed by atoms with Crippen molar-refractivity contribution >= 4 is 6.47 Å². The Morgan fingerprint density at radius 2 is 1.86 bits per heavy atom. The third-order valence-electron chi connectivity index (χ3n) is 2.40. The fourth-order valence-corrected chi connectivity index (χ4v) is 1.83. The maximum absolute atomic E-state index is 9.84. The van der Waals surface area contributed by atoms with Gasteiger partial charge in [-0.05, 0) is 24.7 Å². The van der Waals surface area contributed by atoms with E-state index in [1.807, 2.05) is 0 Å². The van der Waals surface area contributed by atoms with Gasteiger partial charge in [-0.3, -0.25) is 4.79 Å². The lowest BCUT2D eigenvalue weighted by molar-refractivity contribution is -0.128. The van der Waals surface area contributed by atoms with Crippen LogP contribution in [0.2, 0.25) is 0 Å². The van der Waals surface area contributed by atoms with Crippen LogP contribution >= 0.6 is 0 Å². The van der Waals surface area contributed by atoms with Crippen molar-refractivity contribution in [2.24, 2.45) is 11.8 Å². The molecule has 0 rings (SSSR count). The summed E-state index contributed by atoms with van der Waals surface area (Å²) in [5.41, 5.74) is 0. The monoisotopic (exact) mass is 200 g/mol. The Morgan fingerprint density at radius 3 is 2.43 bits per heavy atom. The van der Waals surface area contributed by atoms with Gasteiger partial charge in [-0.1, -0.05) is 40.0 Å². The molecule has 0 aliphatic heterocycles. The van der Waals surface area contributed by atoms with Gasteiger partial charge in [0.05, 0.1) is 6.61 Å². The number of hydrogen-bond donors (Lipinski definition) is 0. The van der Waals surface area contributed by atoms with E-state index in [0.717, 1.165) is 18.3 Å². The van der Waals surface area contributed by atoms with Crippen molar-refractivity contribution in [3.63, 3.8) is 0 Å². The lowest BCUT2D eigenvalue weighted by Gasteiger charge is -2.13. The molecule has 0 N–H and O–H groups in total. The normalized spacial score (nSPS) is 12.9. The van der Waals surface area contributed by atoms with Crippen LogP contribution in [-0.2, 0) is 9.53 Å². The van der Waals surface area contributed by atoms with Crippen LogP contribution in [0.25, 0.3) is 0 Å². The van der Waals surface area contributed by atoms with Gasteiger partial charge in [0.25, 0.3) is 6.47 Å². The average molecular weight is 200 g/mol. The quantitative estimate of drug-likeness (QED) is 0.421. The van der Waals surface area contributed by atoms with Crippen LogP contribution in [0, 0.1) is 11.8 Å². The van der Waals surface area contributed by atoms with Gasteiger partial charge in [0.2, 0.25) is 0 Å². The molecule has 0 bridgehead atoms. The predicted octanol–water partition coefficient (Wildman–Crippen LogP) is 3.40. The highest BCUT2D eigenvalue weighted by molar-refractivity contribution is 5.36. The van der Waals surface area contributed by atoms with Gasteiger partial charge in [0, 0.05) is 0 Å². The fraction of sp³-hybridized carbons (Fsp3) is 0.917. The molecule has 1 unspecified atom stereocenters. The summed E-state index contributed by atoms with van der Waals surface area (Å²) in [5, 5.41) is 0. The van der Waals surface area contributed by atoms with E-state index in [1.165, 1.54) is 25.7 Å². The first-order chi connectivity index (χ1) is 6.66. The Balaban J connectivity index is 3.14. The van der Waals surface area contributed by atoms with Crippen LogP contribution in [0.15, 0.2) is 0 Å². The molecule has 0 saturated carbocycles. The first kappa shape index (κ1) is 13.5. The first-order valence-electron chi connectivity index (χ1n) is 5.72. The molecule has 0 amide bonds. The van der Waals surface area contributed by atoms with E-state index in [4.69, 9.17) is 0 Å². The van der Waals surface area contributed by atoms with Crippen molar-refractivity contribution in [3.05, 3.63) is 0 Å². The highest BCUT2D eigenvalue weighted by Crippen LogP contribution is 2.17. The summed E-state index contributed by atoms with van der Waals surface area (Å²) in [7, 11) is 0. The zero-order valence-corrected chi connectivity index (χ0v) is 9.79. The highest BCUT2D eigenvalue weighted by atomic mass is 16.5. The standard InChI is InChI=1S/C12H24O2/c1-11(2)9-12(3)7-5-4-6-8-14-10-13/h10-12H,4-9H2,1-3H3. The molecule has 0 spiro atoms. The maximum Gasteiger partial charge on any atom is 0.293 e. The van der Waals surface area contributed by atoms with Crippen molar-refractivity contribution < 1.29 is 9.53 Å². The molecule has 0 aliphatic rings. The molecule has 84 valence electrons. The van der Waals surface area contributed by atoms with Gasteiger partial charge in [-0.2, -0.15) is 0 Å². The Labute approximate surface area is 88.0 Å². The number of unbranched alkanes of at least 4 members (excludes halogenated alkanes) is 2. The van der Waals surface area contributed by atoms with E-state index < -0.39 is 0 Å². The number of ether oxygens (including phenoxy) is 1. The summed E-state index contributed by atoms with van der Waals surface area (Å²) in [4.78, 5) is 9.84. The molecule has 0 aromatic rings. The zero-order chi connectivity index (χ0) is 10.8. The average Bonchev–Trinajstić information content (AvgIpc) is 2.10. The second-order valence-corrected chi connectivity index (χ2v) is 4.55. The topological polar surface area (TPSA) is 26.3 Å². The Bertz CT molecular complexity index is 132. The second-order valence-electron chi connectivity index (χ2n) is 4.55. The molecule has 2 nitrogen and oxygen atoms in total. The zero-order valence-electron chi connectivity index (χ0n) is 9.79. The molecule has 1 atom stereocenters. The van der Waals surface area contributed by atoms with E-state index >= 15 is 0 Å². The Hall–Kier alpha value is -0.530. The maximum atomic E-state index is 9.84. The van der Waals surface area contributed by atoms with Crippen LogP contribution in [0.3, 0.4) is 0 Å². The predicted molar refractivity (Wildman–Crippen MR) is 59.1 cm³/mol. The summed E-state index contributed by atoms with van der Waals surface area (Å²) in [6, 6.07) is 0. The van der Waals surface area contributed by atoms with E-state index in [1.54, 1.807) is 0 Å². The molecule has 0 heterocycles. The van der Waals surface area contributed by atoms with Crippen molar-refractivity contribution in [1.82, 2.24) is 0 Å². The van der Waals surface area contributed by atoms with Gasteiger partial charge in [0.1, 0.15) is 0 Å². The van der Waals surface area contributed by atoms with E-state index in [2.05, 4.69) is 25.5 Å². The van der Waals surface area contributed by atoms with Gasteiger partial charge in [-0.15, -0.1) is 0 Å². The number of carbonyl (C=O) groups excluding carboxylic acids is 1. The molecule has 0 saturated heterocycles. The summed E-state index contributed by atoms with van der Waals surface area (Å²) in [6.07, 6.45) is 6.07. The number of hydrogen-bond acceptors (Lipinski definition) is 2. The van der Waals surface area contributed by atoms with Gasteiger partial charge >= 0.3 is 0 Å². The fourth-order valence-electron chi connectivity index (χ4n) is 1.83. The largest absolute Gasteiger partial charge is 0.468 e. The van der Waals surface area contributed by atoms with Crippen LogP contribution in [0.4, 0.5) is 0 Å². The summed E-state index contributed by atoms with van der Waals surface area (Å²) in [6.45, 7) is 7.98. The summed E-state index contributed by atoms with van der Waals surface area (Å²) in [5.74, 6) is 1.64. The molecule has 14 heavy (non-hydrogen) atoms. The minimum absolute atomic E-state index is 0.529. The molecule has 0 aromatic carbocycles. The van der Waals surface area contributed by atoms with Crippen molar-refractivity contribution in [2.75, 3.05) is 6.61 Å². The third-order valence-corrected chi connectivity index (χ3v) is 2.40. The van der Waals surface area contributed by atoms with E-state index in [-0.39, 0.29) is 0 Å². The van der Waals surface area contributed by atoms with Crippen LogP contribution in [-0.4, -0.2) is 13.1 Å². The number of carbonyl (C=O) groups is 1. The molecule has 0 radical (unpaired) electrons. The first-order valence-corrected chi connectivity index (χ1v) is 5.72. The van der Waals surface area contributed by atoms with E-state index in [0.29, 0.717) is 13.1 Å².